The quantitative estimate of drug-likeness (QED) is 0.139. The molecule has 3 heterocycles. The Kier molecular flexibility index (Phi) is 14.6. The molecule has 1 atom stereocenters. The number of carboxylic acid groups (broad SMARTS) is 1. The number of ether oxygens (including phenoxy) is 1. The van der Waals surface area contributed by atoms with E-state index in [-0.39, 0.29) is 24.2 Å². The van der Waals surface area contributed by atoms with Crippen molar-refractivity contribution < 1.29 is 42.2 Å². The number of carboxylic acids is 1. The van der Waals surface area contributed by atoms with E-state index in [4.69, 9.17) is 20.4 Å². The minimum atomic E-state index is -5.08. The summed E-state index contributed by atoms with van der Waals surface area (Å²) in [4.78, 5) is 57.3. The van der Waals surface area contributed by atoms with Crippen LogP contribution in [-0.4, -0.2) is 105 Å². The molecule has 3 amide bonds. The molecule has 2 aromatic heterocycles. The number of alkyl halides is 3. The van der Waals surface area contributed by atoms with Crippen molar-refractivity contribution in [3.63, 3.8) is 0 Å². The van der Waals surface area contributed by atoms with E-state index in [9.17, 15) is 27.6 Å². The third-order valence-corrected chi connectivity index (χ3v) is 9.90. The zero-order valence-electron chi connectivity index (χ0n) is 33.0. The predicted molar refractivity (Wildman–Crippen MR) is 212 cm³/mol. The lowest BCUT2D eigenvalue weighted by molar-refractivity contribution is -0.192. The standard InChI is InChI=1S/C38H48N10O4.C2HF3O2/c1-38(2,3)52-37(51)42-24-26-6-10-29(11-7-26)36(50)48(31-14-12-28(13-15-31)35-43-45-46-44-35)32(34(39)49)22-25-4-8-27(9-5-25)30-16-17-41-33(23-30)47-20-18-40-19-21-47;3-2(4,5)1(6)7/h4-5,8-9,12-17,23,26,29,32,40H,6-7,10-11,18-22,24H2,1-3H3,(H2,39,49)(H,42,51)(H,43,44,45,46);(H,6,7)/t26?,29?,32-;/m0./s1. The Bertz CT molecular complexity index is 2010. The maximum absolute atomic E-state index is 14.5. The van der Waals surface area contributed by atoms with Crippen LogP contribution in [-0.2, 0) is 25.5 Å². The summed E-state index contributed by atoms with van der Waals surface area (Å²) < 4.78 is 37.1. The van der Waals surface area contributed by atoms with Gasteiger partial charge in [0.05, 0.1) is 0 Å². The summed E-state index contributed by atoms with van der Waals surface area (Å²) >= 11 is 0. The van der Waals surface area contributed by atoms with E-state index in [0.29, 0.717) is 36.5 Å². The number of alkyl carbamates (subject to hydrolysis) is 1. The van der Waals surface area contributed by atoms with Crippen LogP contribution in [0.5, 0.6) is 0 Å². The number of nitrogens with one attached hydrogen (secondary N) is 3. The zero-order chi connectivity index (χ0) is 42.7. The van der Waals surface area contributed by atoms with E-state index in [0.717, 1.165) is 61.5 Å². The number of aliphatic carboxylic acids is 1. The average Bonchev–Trinajstić information content (AvgIpc) is 3.76. The van der Waals surface area contributed by atoms with E-state index >= 15 is 0 Å². The third kappa shape index (κ3) is 12.7. The minimum absolute atomic E-state index is 0.150. The molecular formula is C40H49F3N10O6. The number of carbonyl (C=O) groups is 4. The van der Waals surface area contributed by atoms with Crippen molar-refractivity contribution in [3.8, 4) is 22.5 Å². The number of carbonyl (C=O) groups excluding carboxylic acids is 3. The molecule has 1 aliphatic carbocycles. The maximum atomic E-state index is 14.5. The van der Waals surface area contributed by atoms with Crippen LogP contribution >= 0.6 is 0 Å². The number of aromatic amines is 1. The smallest absolute Gasteiger partial charge is 0.475 e. The molecule has 1 aliphatic heterocycles. The molecule has 316 valence electrons. The van der Waals surface area contributed by atoms with Gasteiger partial charge >= 0.3 is 18.2 Å². The first-order valence-corrected chi connectivity index (χ1v) is 19.2. The Morgan fingerprint density at radius 1 is 0.949 bits per heavy atom. The molecule has 4 aromatic rings. The van der Waals surface area contributed by atoms with Gasteiger partial charge in [0.1, 0.15) is 17.5 Å². The summed E-state index contributed by atoms with van der Waals surface area (Å²) in [6.07, 6.45) is -0.694. The van der Waals surface area contributed by atoms with Gasteiger partial charge in [-0.3, -0.25) is 14.5 Å². The second-order valence-electron chi connectivity index (χ2n) is 15.4. The fourth-order valence-electron chi connectivity index (χ4n) is 6.91. The molecule has 1 saturated carbocycles. The number of amides is 3. The molecule has 16 nitrogen and oxygen atoms in total. The van der Waals surface area contributed by atoms with Crippen molar-refractivity contribution in [2.45, 2.75) is 70.7 Å². The lowest BCUT2D eigenvalue weighted by Crippen LogP contribution is -2.52. The van der Waals surface area contributed by atoms with E-state index in [2.05, 4.69) is 47.2 Å². The van der Waals surface area contributed by atoms with Gasteiger partial charge in [0.15, 0.2) is 0 Å². The molecule has 6 rings (SSSR count). The predicted octanol–water partition coefficient (Wildman–Crippen LogP) is 4.73. The number of aromatic nitrogens is 5. The van der Waals surface area contributed by atoms with Crippen molar-refractivity contribution in [3.05, 3.63) is 72.4 Å². The first-order valence-electron chi connectivity index (χ1n) is 19.2. The van der Waals surface area contributed by atoms with E-state index in [1.54, 1.807) is 29.2 Å². The lowest BCUT2D eigenvalue weighted by atomic mass is 9.81. The fourth-order valence-corrected chi connectivity index (χ4v) is 6.91. The first kappa shape index (κ1) is 44.0. The number of rotatable bonds is 11. The molecule has 2 aliphatic rings. The normalized spacial score (nSPS) is 17.5. The molecular weight excluding hydrogens is 773 g/mol. The van der Waals surface area contributed by atoms with Crippen molar-refractivity contribution in [1.29, 1.82) is 0 Å². The first-order chi connectivity index (χ1) is 28.0. The Labute approximate surface area is 339 Å². The topological polar surface area (TPSA) is 222 Å². The van der Waals surface area contributed by atoms with Crippen molar-refractivity contribution in [2.75, 3.05) is 42.5 Å². The minimum Gasteiger partial charge on any atom is -0.475 e. The summed E-state index contributed by atoms with van der Waals surface area (Å²) in [5.74, 6) is -2.22. The van der Waals surface area contributed by atoms with Gasteiger partial charge in [0, 0.05) is 62.5 Å². The van der Waals surface area contributed by atoms with E-state index in [1.807, 2.05) is 57.3 Å². The molecule has 1 saturated heterocycles. The second-order valence-corrected chi connectivity index (χ2v) is 15.4. The van der Waals surface area contributed by atoms with Crippen LogP contribution in [0, 0.1) is 11.8 Å². The Morgan fingerprint density at radius 3 is 2.14 bits per heavy atom. The number of hydrogen-bond donors (Lipinski definition) is 5. The van der Waals surface area contributed by atoms with Gasteiger partial charge in [-0.1, -0.05) is 24.3 Å². The van der Waals surface area contributed by atoms with Crippen LogP contribution in [0.1, 0.15) is 52.0 Å². The molecule has 0 unspecified atom stereocenters. The number of piperazine rings is 1. The number of nitrogens with two attached hydrogens (primary N) is 1. The largest absolute Gasteiger partial charge is 0.490 e. The van der Waals surface area contributed by atoms with Crippen LogP contribution in [0.3, 0.4) is 0 Å². The van der Waals surface area contributed by atoms with Gasteiger partial charge < -0.3 is 31.1 Å². The molecule has 2 fully saturated rings. The molecule has 19 heteroatoms. The SMILES string of the molecule is CC(C)(C)OC(=O)NCC1CCC(C(=O)N(c2ccc(-c3nn[nH]n3)cc2)[C@@H](Cc2ccc(-c3ccnc(N4CCNCC4)c3)cc2)C(N)=O)CC1.O=C(O)C(F)(F)F. The summed E-state index contributed by atoms with van der Waals surface area (Å²) in [7, 11) is 0. The fraction of sp³-hybridized carbons (Fsp3) is 0.450. The van der Waals surface area contributed by atoms with Crippen molar-refractivity contribution in [1.82, 2.24) is 36.2 Å². The van der Waals surface area contributed by atoms with Gasteiger partial charge in [0.2, 0.25) is 17.6 Å². The molecule has 0 spiro atoms. The number of anilines is 2. The third-order valence-electron chi connectivity index (χ3n) is 9.90. The number of tetrazole rings is 1. The van der Waals surface area contributed by atoms with Crippen LogP contribution in [0.15, 0.2) is 66.9 Å². The highest BCUT2D eigenvalue weighted by atomic mass is 19.4. The van der Waals surface area contributed by atoms with Gasteiger partial charge in [-0.15, -0.1) is 10.2 Å². The Morgan fingerprint density at radius 2 is 1.58 bits per heavy atom. The summed E-state index contributed by atoms with van der Waals surface area (Å²) in [5, 5.41) is 27.6. The average molecular weight is 823 g/mol. The van der Waals surface area contributed by atoms with Gasteiger partial charge in [-0.2, -0.15) is 18.4 Å². The number of benzene rings is 2. The van der Waals surface area contributed by atoms with Gasteiger partial charge in [0.25, 0.3) is 0 Å². The zero-order valence-corrected chi connectivity index (χ0v) is 33.0. The highest BCUT2D eigenvalue weighted by Gasteiger charge is 2.38. The molecule has 2 aromatic carbocycles. The monoisotopic (exact) mass is 822 g/mol. The number of nitrogens with zero attached hydrogens (tertiary/aromatic N) is 6. The molecule has 6 N–H and O–H groups in total. The summed E-state index contributed by atoms with van der Waals surface area (Å²) in [6, 6.07) is 18.4. The summed E-state index contributed by atoms with van der Waals surface area (Å²) in [5.41, 5.74) is 9.76. The van der Waals surface area contributed by atoms with Gasteiger partial charge in [-0.05, 0) is 111 Å². The Balaban J connectivity index is 0.000000867. The van der Waals surface area contributed by atoms with Gasteiger partial charge in [-0.25, -0.2) is 14.6 Å². The van der Waals surface area contributed by atoms with Crippen LogP contribution in [0.2, 0.25) is 0 Å². The van der Waals surface area contributed by atoms with Crippen molar-refractivity contribution >= 4 is 35.4 Å². The van der Waals surface area contributed by atoms with Crippen LogP contribution in [0.25, 0.3) is 22.5 Å². The summed E-state index contributed by atoms with van der Waals surface area (Å²) in [6.45, 7) is 9.64. The lowest BCUT2D eigenvalue weighted by Gasteiger charge is -2.36. The highest BCUT2D eigenvalue weighted by Crippen LogP contribution is 2.33. The van der Waals surface area contributed by atoms with E-state index < -0.39 is 35.8 Å². The number of hydrogen-bond acceptors (Lipinski definition) is 11. The molecule has 0 radical (unpaired) electrons. The van der Waals surface area contributed by atoms with Crippen molar-refractivity contribution in [2.24, 2.45) is 17.6 Å². The van der Waals surface area contributed by atoms with Crippen LogP contribution in [0.4, 0.5) is 29.5 Å². The van der Waals surface area contributed by atoms with E-state index in [1.165, 1.54) is 0 Å². The molecule has 59 heavy (non-hydrogen) atoms. The van der Waals surface area contributed by atoms with Crippen LogP contribution < -0.4 is 26.2 Å². The number of primary amides is 1. The Hall–Kier alpha value is -6.11. The second kappa shape index (κ2) is 19.6. The molecule has 0 bridgehead atoms. The maximum Gasteiger partial charge on any atom is 0.490 e. The number of halogens is 3. The number of H-pyrrole nitrogens is 1. The highest BCUT2D eigenvalue weighted by molar-refractivity contribution is 6.01. The number of pyridine rings is 1.